The topological polar surface area (TPSA) is 66.4 Å². The standard InChI is InChI=1S/C15H25NO3S/c1-3-8-16-15(7-9-17)12-20(18,19)11-14-6-4-5-13(2)10-14/h4-6,10,15-17H,3,7-9,11-12H2,1-2H3. The zero-order chi connectivity index (χ0) is 15.0. The van der Waals surface area contributed by atoms with Gasteiger partial charge in [0.05, 0.1) is 11.5 Å². The molecule has 0 saturated heterocycles. The Labute approximate surface area is 122 Å². The molecule has 0 saturated carbocycles. The summed E-state index contributed by atoms with van der Waals surface area (Å²) in [5.74, 6) is 0.131. The zero-order valence-electron chi connectivity index (χ0n) is 12.3. The van der Waals surface area contributed by atoms with Crippen molar-refractivity contribution in [3.05, 3.63) is 35.4 Å². The molecule has 0 aliphatic carbocycles. The van der Waals surface area contributed by atoms with Gasteiger partial charge < -0.3 is 10.4 Å². The highest BCUT2D eigenvalue weighted by molar-refractivity contribution is 7.90. The lowest BCUT2D eigenvalue weighted by Gasteiger charge is -2.17. The predicted molar refractivity (Wildman–Crippen MR) is 82.5 cm³/mol. The first kappa shape index (κ1) is 17.1. The van der Waals surface area contributed by atoms with E-state index in [1.807, 2.05) is 38.1 Å². The monoisotopic (exact) mass is 299 g/mol. The minimum atomic E-state index is -3.18. The Bertz CT molecular complexity index is 500. The summed E-state index contributed by atoms with van der Waals surface area (Å²) in [4.78, 5) is 0. The van der Waals surface area contributed by atoms with Gasteiger partial charge in [-0.1, -0.05) is 36.8 Å². The maximum Gasteiger partial charge on any atom is 0.155 e. The van der Waals surface area contributed by atoms with Crippen LogP contribution in [-0.2, 0) is 15.6 Å². The van der Waals surface area contributed by atoms with Crippen molar-refractivity contribution < 1.29 is 13.5 Å². The average molecular weight is 299 g/mol. The predicted octanol–water partition coefficient (Wildman–Crippen LogP) is 1.66. The minimum absolute atomic E-state index is 0.00134. The van der Waals surface area contributed by atoms with Crippen LogP contribution in [0.25, 0.3) is 0 Å². The number of aryl methyl sites for hydroxylation is 1. The molecule has 1 unspecified atom stereocenters. The molecule has 1 rings (SSSR count). The lowest BCUT2D eigenvalue weighted by Crippen LogP contribution is -2.37. The van der Waals surface area contributed by atoms with E-state index in [1.165, 1.54) is 0 Å². The van der Waals surface area contributed by atoms with Crippen molar-refractivity contribution in [3.8, 4) is 0 Å². The van der Waals surface area contributed by atoms with Crippen molar-refractivity contribution in [1.82, 2.24) is 5.32 Å². The Morgan fingerprint density at radius 2 is 2.10 bits per heavy atom. The van der Waals surface area contributed by atoms with Gasteiger partial charge in [-0.15, -0.1) is 0 Å². The molecular weight excluding hydrogens is 274 g/mol. The van der Waals surface area contributed by atoms with Crippen LogP contribution in [0.5, 0.6) is 0 Å². The first-order valence-corrected chi connectivity index (χ1v) is 8.89. The van der Waals surface area contributed by atoms with Crippen molar-refractivity contribution in [3.63, 3.8) is 0 Å². The van der Waals surface area contributed by atoms with Crippen molar-refractivity contribution in [1.29, 1.82) is 0 Å². The second-order valence-corrected chi connectivity index (χ2v) is 7.32. The van der Waals surface area contributed by atoms with Gasteiger partial charge in [-0.25, -0.2) is 8.42 Å². The van der Waals surface area contributed by atoms with Crippen LogP contribution in [0.1, 0.15) is 30.9 Å². The van der Waals surface area contributed by atoms with Gasteiger partial charge in [-0.05, 0) is 31.9 Å². The van der Waals surface area contributed by atoms with Gasteiger partial charge in [-0.2, -0.15) is 0 Å². The molecule has 0 aliphatic heterocycles. The normalized spacial score (nSPS) is 13.3. The maximum atomic E-state index is 12.2. The highest BCUT2D eigenvalue weighted by atomic mass is 32.2. The summed E-state index contributed by atoms with van der Waals surface area (Å²) in [6.07, 6.45) is 1.41. The second kappa shape index (κ2) is 8.39. The molecule has 20 heavy (non-hydrogen) atoms. The van der Waals surface area contributed by atoms with Crippen LogP contribution in [-0.4, -0.2) is 38.5 Å². The second-order valence-electron chi connectivity index (χ2n) is 5.21. The highest BCUT2D eigenvalue weighted by Crippen LogP contribution is 2.11. The number of rotatable bonds is 9. The lowest BCUT2D eigenvalue weighted by atomic mass is 10.2. The molecule has 1 atom stereocenters. The molecule has 5 heteroatoms. The molecule has 4 nitrogen and oxygen atoms in total. The van der Waals surface area contributed by atoms with Gasteiger partial charge >= 0.3 is 0 Å². The smallest absolute Gasteiger partial charge is 0.155 e. The average Bonchev–Trinajstić information content (AvgIpc) is 2.35. The fourth-order valence-corrected chi connectivity index (χ4v) is 3.87. The van der Waals surface area contributed by atoms with E-state index in [2.05, 4.69) is 5.32 Å². The van der Waals surface area contributed by atoms with E-state index in [1.54, 1.807) is 0 Å². The number of sulfone groups is 1. The van der Waals surface area contributed by atoms with E-state index in [4.69, 9.17) is 5.11 Å². The van der Waals surface area contributed by atoms with Crippen molar-refractivity contribution in [2.24, 2.45) is 0 Å². The maximum absolute atomic E-state index is 12.2. The van der Waals surface area contributed by atoms with Crippen molar-refractivity contribution >= 4 is 9.84 Å². The van der Waals surface area contributed by atoms with Crippen LogP contribution in [0.15, 0.2) is 24.3 Å². The fourth-order valence-electron chi connectivity index (χ4n) is 2.17. The third-order valence-corrected chi connectivity index (χ3v) is 4.77. The number of aliphatic hydroxyl groups excluding tert-OH is 1. The molecule has 1 aromatic rings. The molecule has 0 spiro atoms. The summed E-state index contributed by atoms with van der Waals surface area (Å²) in [6, 6.07) is 7.40. The van der Waals surface area contributed by atoms with Crippen molar-refractivity contribution in [2.45, 2.75) is 38.5 Å². The summed E-state index contributed by atoms with van der Waals surface area (Å²) >= 11 is 0. The quantitative estimate of drug-likeness (QED) is 0.728. The molecule has 0 heterocycles. The molecule has 0 bridgehead atoms. The van der Waals surface area contributed by atoms with Gasteiger partial charge in [0.1, 0.15) is 0 Å². The van der Waals surface area contributed by atoms with Gasteiger partial charge in [0.15, 0.2) is 9.84 Å². The van der Waals surface area contributed by atoms with Crippen LogP contribution in [0.4, 0.5) is 0 Å². The van der Waals surface area contributed by atoms with E-state index in [0.29, 0.717) is 6.42 Å². The Morgan fingerprint density at radius 3 is 2.70 bits per heavy atom. The third-order valence-electron chi connectivity index (χ3n) is 3.08. The van der Waals surface area contributed by atoms with Gasteiger partial charge in [-0.3, -0.25) is 0 Å². The largest absolute Gasteiger partial charge is 0.396 e. The number of nitrogens with one attached hydrogen (secondary N) is 1. The molecular formula is C15H25NO3S. The molecule has 0 amide bonds. The molecule has 1 aromatic carbocycles. The lowest BCUT2D eigenvalue weighted by molar-refractivity contribution is 0.269. The highest BCUT2D eigenvalue weighted by Gasteiger charge is 2.19. The van der Waals surface area contributed by atoms with E-state index < -0.39 is 9.84 Å². The van der Waals surface area contributed by atoms with Crippen molar-refractivity contribution in [2.75, 3.05) is 18.9 Å². The van der Waals surface area contributed by atoms with Crippen LogP contribution in [0, 0.1) is 6.92 Å². The summed E-state index contributed by atoms with van der Waals surface area (Å²) < 4.78 is 24.5. The summed E-state index contributed by atoms with van der Waals surface area (Å²) in [5, 5.41) is 12.2. The molecule has 114 valence electrons. The van der Waals surface area contributed by atoms with E-state index >= 15 is 0 Å². The first-order valence-electron chi connectivity index (χ1n) is 7.07. The number of benzene rings is 1. The SMILES string of the molecule is CCCNC(CCO)CS(=O)(=O)Cc1cccc(C)c1. The Balaban J connectivity index is 2.66. The Morgan fingerprint density at radius 1 is 1.35 bits per heavy atom. The molecule has 0 aliphatic rings. The van der Waals surface area contributed by atoms with Gasteiger partial charge in [0.25, 0.3) is 0 Å². The van der Waals surface area contributed by atoms with Gasteiger partial charge in [0.2, 0.25) is 0 Å². The molecule has 0 fully saturated rings. The van der Waals surface area contributed by atoms with Crippen LogP contribution in [0.3, 0.4) is 0 Å². The third kappa shape index (κ3) is 6.50. The number of aliphatic hydroxyl groups is 1. The Hall–Kier alpha value is -0.910. The van der Waals surface area contributed by atoms with E-state index in [-0.39, 0.29) is 24.2 Å². The van der Waals surface area contributed by atoms with Crippen LogP contribution in [0.2, 0.25) is 0 Å². The summed E-state index contributed by atoms with van der Waals surface area (Å²) in [7, 11) is -3.18. The number of hydrogen-bond acceptors (Lipinski definition) is 4. The van der Waals surface area contributed by atoms with Crippen LogP contribution < -0.4 is 5.32 Å². The van der Waals surface area contributed by atoms with E-state index in [0.717, 1.165) is 24.1 Å². The van der Waals surface area contributed by atoms with Gasteiger partial charge in [0, 0.05) is 12.6 Å². The molecule has 0 radical (unpaired) electrons. The molecule has 2 N–H and O–H groups in total. The Kier molecular flexibility index (Phi) is 7.19. The molecule has 0 aromatic heterocycles. The number of hydrogen-bond donors (Lipinski definition) is 2. The summed E-state index contributed by atoms with van der Waals surface area (Å²) in [6.45, 7) is 4.75. The van der Waals surface area contributed by atoms with Crippen LogP contribution >= 0.6 is 0 Å². The van der Waals surface area contributed by atoms with E-state index in [9.17, 15) is 8.42 Å². The fraction of sp³-hybridized carbons (Fsp3) is 0.600. The first-order chi connectivity index (χ1) is 9.46. The minimum Gasteiger partial charge on any atom is -0.396 e. The zero-order valence-corrected chi connectivity index (χ0v) is 13.1. The summed E-state index contributed by atoms with van der Waals surface area (Å²) in [5.41, 5.74) is 1.89.